The molecule has 3 aromatic heterocycles. The van der Waals surface area contributed by atoms with Gasteiger partial charge >= 0.3 is 5.97 Å². The summed E-state index contributed by atoms with van der Waals surface area (Å²) in [5.74, 6) is -0.855. The Morgan fingerprint density at radius 3 is 2.61 bits per heavy atom. The van der Waals surface area contributed by atoms with Crippen LogP contribution in [0.2, 0.25) is 10.0 Å². The summed E-state index contributed by atoms with van der Waals surface area (Å²) in [5, 5.41) is 13.2. The van der Waals surface area contributed by atoms with E-state index in [1.807, 2.05) is 13.8 Å². The van der Waals surface area contributed by atoms with Gasteiger partial charge in [-0.2, -0.15) is 10.2 Å². The number of nitrogens with zero attached hydrogens (tertiary/aromatic N) is 4. The van der Waals surface area contributed by atoms with Gasteiger partial charge in [-0.15, -0.1) is 11.3 Å². The van der Waals surface area contributed by atoms with Gasteiger partial charge in [-0.05, 0) is 38.1 Å². The van der Waals surface area contributed by atoms with E-state index in [2.05, 4.69) is 15.5 Å². The molecule has 31 heavy (non-hydrogen) atoms. The van der Waals surface area contributed by atoms with Crippen molar-refractivity contribution in [3.63, 3.8) is 0 Å². The lowest BCUT2D eigenvalue weighted by atomic mass is 10.2. The van der Waals surface area contributed by atoms with E-state index in [9.17, 15) is 9.59 Å². The van der Waals surface area contributed by atoms with Crippen LogP contribution in [-0.2, 0) is 11.4 Å². The van der Waals surface area contributed by atoms with Crippen molar-refractivity contribution in [1.29, 1.82) is 0 Å². The van der Waals surface area contributed by atoms with Crippen LogP contribution in [0, 0.1) is 13.8 Å². The molecule has 11 heteroatoms. The molecule has 0 spiro atoms. The number of anilines is 1. The molecule has 0 saturated heterocycles. The zero-order valence-electron chi connectivity index (χ0n) is 16.8. The Morgan fingerprint density at radius 2 is 1.94 bits per heavy atom. The van der Waals surface area contributed by atoms with Gasteiger partial charge in [0, 0.05) is 22.0 Å². The molecule has 0 atom stereocenters. The first kappa shape index (κ1) is 21.4. The lowest BCUT2D eigenvalue weighted by Gasteiger charge is -2.05. The molecule has 1 N–H and O–H groups in total. The van der Waals surface area contributed by atoms with E-state index in [0.717, 1.165) is 21.5 Å². The zero-order valence-corrected chi connectivity index (χ0v) is 19.1. The number of nitrogens with one attached hydrogen (secondary N) is 1. The van der Waals surface area contributed by atoms with Crippen LogP contribution in [0.1, 0.15) is 31.5 Å². The van der Waals surface area contributed by atoms with Crippen LogP contribution in [0.15, 0.2) is 30.5 Å². The molecule has 0 fully saturated rings. The quantitative estimate of drug-likeness (QED) is 0.418. The fourth-order valence-corrected chi connectivity index (χ4v) is 4.67. The second-order valence-corrected chi connectivity index (χ2v) is 8.58. The Kier molecular flexibility index (Phi) is 5.74. The molecule has 1 aromatic carbocycles. The highest BCUT2D eigenvalue weighted by Gasteiger charge is 2.18. The second-order valence-electron chi connectivity index (χ2n) is 6.77. The molecule has 0 aliphatic carbocycles. The van der Waals surface area contributed by atoms with Gasteiger partial charge in [0.1, 0.15) is 11.5 Å². The lowest BCUT2D eigenvalue weighted by Crippen LogP contribution is -2.15. The van der Waals surface area contributed by atoms with E-state index >= 15 is 0 Å². The molecule has 1 amide bonds. The van der Waals surface area contributed by atoms with Crippen LogP contribution in [0.25, 0.3) is 10.1 Å². The summed E-state index contributed by atoms with van der Waals surface area (Å²) in [4.78, 5) is 24.8. The van der Waals surface area contributed by atoms with Crippen LogP contribution in [0.5, 0.6) is 0 Å². The summed E-state index contributed by atoms with van der Waals surface area (Å²) in [5.41, 5.74) is 2.39. The first-order valence-electron chi connectivity index (χ1n) is 9.13. The predicted octanol–water partition coefficient (Wildman–Crippen LogP) is 4.76. The van der Waals surface area contributed by atoms with Gasteiger partial charge in [-0.1, -0.05) is 23.2 Å². The molecule has 0 saturated carbocycles. The molecule has 4 rings (SSSR count). The summed E-state index contributed by atoms with van der Waals surface area (Å²) >= 11 is 13.7. The molecular formula is C20H17Cl2N5O3S. The lowest BCUT2D eigenvalue weighted by molar-refractivity contribution is 0.0606. The van der Waals surface area contributed by atoms with Gasteiger partial charge in [0.15, 0.2) is 5.69 Å². The summed E-state index contributed by atoms with van der Waals surface area (Å²) in [6.45, 7) is 4.04. The number of halogens is 2. The number of hydrogen-bond donors (Lipinski definition) is 1. The number of ether oxygens (including phenoxy) is 1. The van der Waals surface area contributed by atoms with E-state index in [4.69, 9.17) is 27.9 Å². The van der Waals surface area contributed by atoms with Crippen molar-refractivity contribution in [2.45, 2.75) is 20.5 Å². The standard InChI is InChI=1S/C20H17Cl2N5O3S/c1-10-16(21)11(2)27(24-10)9-26-7-6-14(25-26)19(28)23-12-4-5-13-15(8-12)31-18(17(13)22)20(29)30-3/h4-8H,9H2,1-3H3,(H,23,28). The highest BCUT2D eigenvalue weighted by Crippen LogP contribution is 2.37. The summed E-state index contributed by atoms with van der Waals surface area (Å²) in [6, 6.07) is 6.85. The second kappa shape index (κ2) is 8.33. The number of hydrogen-bond acceptors (Lipinski definition) is 6. The SMILES string of the molecule is COC(=O)c1sc2cc(NC(=O)c3ccn(Cn4nc(C)c(Cl)c4C)n3)ccc2c1Cl. The van der Waals surface area contributed by atoms with Gasteiger partial charge in [0.2, 0.25) is 0 Å². The largest absolute Gasteiger partial charge is 0.465 e. The molecule has 160 valence electrons. The van der Waals surface area contributed by atoms with Crippen molar-refractivity contribution in [2.75, 3.05) is 12.4 Å². The number of thiophene rings is 1. The Labute approximate surface area is 191 Å². The summed E-state index contributed by atoms with van der Waals surface area (Å²) < 4.78 is 8.84. The molecule has 4 aromatic rings. The van der Waals surface area contributed by atoms with E-state index in [1.54, 1.807) is 39.8 Å². The molecule has 0 radical (unpaired) electrons. The highest BCUT2D eigenvalue weighted by molar-refractivity contribution is 7.21. The van der Waals surface area contributed by atoms with E-state index in [0.29, 0.717) is 27.3 Å². The maximum Gasteiger partial charge on any atom is 0.349 e. The molecule has 0 bridgehead atoms. The minimum Gasteiger partial charge on any atom is -0.465 e. The number of carbonyl (C=O) groups is 2. The summed E-state index contributed by atoms with van der Waals surface area (Å²) in [7, 11) is 1.30. The van der Waals surface area contributed by atoms with Crippen LogP contribution < -0.4 is 5.32 Å². The topological polar surface area (TPSA) is 91.0 Å². The number of aryl methyl sites for hydroxylation is 1. The Hall–Kier alpha value is -2.88. The van der Waals surface area contributed by atoms with Crippen molar-refractivity contribution in [2.24, 2.45) is 0 Å². The monoisotopic (exact) mass is 477 g/mol. The first-order chi connectivity index (χ1) is 14.8. The van der Waals surface area contributed by atoms with E-state index in [1.165, 1.54) is 18.4 Å². The van der Waals surface area contributed by atoms with Gasteiger partial charge in [0.05, 0.1) is 28.5 Å². The number of methoxy groups -OCH3 is 1. The fraction of sp³-hybridized carbons (Fsp3) is 0.200. The van der Waals surface area contributed by atoms with Crippen molar-refractivity contribution < 1.29 is 14.3 Å². The fourth-order valence-electron chi connectivity index (χ4n) is 3.07. The van der Waals surface area contributed by atoms with Gasteiger partial charge in [0.25, 0.3) is 5.91 Å². The molecule has 0 aliphatic heterocycles. The van der Waals surface area contributed by atoms with Gasteiger partial charge in [-0.3, -0.25) is 9.48 Å². The number of carbonyl (C=O) groups excluding carboxylic acids is 2. The van der Waals surface area contributed by atoms with Crippen molar-refractivity contribution in [1.82, 2.24) is 19.6 Å². The zero-order chi connectivity index (χ0) is 22.3. The number of benzene rings is 1. The van der Waals surface area contributed by atoms with Crippen molar-refractivity contribution >= 4 is 62.2 Å². The summed E-state index contributed by atoms with van der Waals surface area (Å²) in [6.07, 6.45) is 1.70. The molecule has 0 aliphatic rings. The predicted molar refractivity (Wildman–Crippen MR) is 120 cm³/mol. The van der Waals surface area contributed by atoms with Crippen LogP contribution >= 0.6 is 34.5 Å². The number of rotatable bonds is 5. The average Bonchev–Trinajstić information content (AvgIpc) is 3.41. The Balaban J connectivity index is 1.51. The van der Waals surface area contributed by atoms with E-state index in [-0.39, 0.29) is 11.6 Å². The minimum absolute atomic E-state index is 0.257. The third-order valence-electron chi connectivity index (χ3n) is 4.70. The maximum absolute atomic E-state index is 12.6. The Bertz CT molecular complexity index is 1320. The third-order valence-corrected chi connectivity index (χ3v) is 6.89. The van der Waals surface area contributed by atoms with E-state index < -0.39 is 5.97 Å². The number of fused-ring (bicyclic) bond motifs is 1. The number of amides is 1. The minimum atomic E-state index is -0.494. The van der Waals surface area contributed by atoms with Crippen LogP contribution in [-0.4, -0.2) is 38.5 Å². The molecule has 8 nitrogen and oxygen atoms in total. The molecule has 0 unspecified atom stereocenters. The highest BCUT2D eigenvalue weighted by atomic mass is 35.5. The van der Waals surface area contributed by atoms with Crippen molar-refractivity contribution in [3.05, 3.63) is 62.5 Å². The van der Waals surface area contributed by atoms with Crippen molar-refractivity contribution in [3.8, 4) is 0 Å². The smallest absolute Gasteiger partial charge is 0.349 e. The van der Waals surface area contributed by atoms with Crippen LogP contribution in [0.3, 0.4) is 0 Å². The first-order valence-corrected chi connectivity index (χ1v) is 10.7. The normalized spacial score (nSPS) is 11.1. The van der Waals surface area contributed by atoms with Gasteiger partial charge < -0.3 is 10.1 Å². The maximum atomic E-state index is 12.6. The number of esters is 1. The molecular weight excluding hydrogens is 461 g/mol. The average molecular weight is 478 g/mol. The molecule has 3 heterocycles. The Morgan fingerprint density at radius 1 is 1.16 bits per heavy atom. The van der Waals surface area contributed by atoms with Gasteiger partial charge in [-0.25, -0.2) is 9.48 Å². The number of aromatic nitrogens is 4. The van der Waals surface area contributed by atoms with Crippen LogP contribution in [0.4, 0.5) is 5.69 Å². The third kappa shape index (κ3) is 4.04.